The van der Waals surface area contributed by atoms with E-state index in [0.29, 0.717) is 30.1 Å². The average molecular weight is 265 g/mol. The third-order valence-electron chi connectivity index (χ3n) is 3.06. The lowest BCUT2D eigenvalue weighted by atomic mass is 10.2. The van der Waals surface area contributed by atoms with Crippen molar-refractivity contribution in [3.8, 4) is 6.07 Å². The number of hydrogen-bond donors (Lipinski definition) is 1. The second-order valence-corrected chi connectivity index (χ2v) is 5.05. The van der Waals surface area contributed by atoms with Gasteiger partial charge in [0.2, 0.25) is 0 Å². The molecule has 0 bridgehead atoms. The highest BCUT2D eigenvalue weighted by molar-refractivity contribution is 7.12. The molecule has 0 spiro atoms. The highest BCUT2D eigenvalue weighted by Gasteiger charge is 2.24. The van der Waals surface area contributed by atoms with Gasteiger partial charge in [-0.1, -0.05) is 0 Å². The number of aliphatic hydroxyl groups excluding tert-OH is 1. The van der Waals surface area contributed by atoms with Crippen LogP contribution in [0.2, 0.25) is 0 Å². The van der Waals surface area contributed by atoms with Gasteiger partial charge in [0.1, 0.15) is 10.9 Å². The van der Waals surface area contributed by atoms with Crippen molar-refractivity contribution >= 4 is 17.2 Å². The van der Waals surface area contributed by atoms with E-state index in [1.165, 1.54) is 11.3 Å². The highest BCUT2D eigenvalue weighted by Crippen LogP contribution is 2.19. The summed E-state index contributed by atoms with van der Waals surface area (Å²) in [5.74, 6) is -0.0507. The van der Waals surface area contributed by atoms with Gasteiger partial charge in [-0.15, -0.1) is 11.3 Å². The number of nitrogens with zero attached hydrogens (tertiary/aromatic N) is 3. The summed E-state index contributed by atoms with van der Waals surface area (Å²) in [5, 5.41) is 19.5. The number of thiophene rings is 1. The molecule has 96 valence electrons. The van der Waals surface area contributed by atoms with E-state index in [-0.39, 0.29) is 12.5 Å². The first-order chi connectivity index (χ1) is 8.76. The van der Waals surface area contributed by atoms with Crippen LogP contribution in [0.25, 0.3) is 0 Å². The molecular formula is C12H15N3O2S. The number of aliphatic hydroxyl groups is 1. The molecule has 2 rings (SSSR count). The van der Waals surface area contributed by atoms with E-state index >= 15 is 0 Å². The monoisotopic (exact) mass is 265 g/mol. The van der Waals surface area contributed by atoms with E-state index in [0.717, 1.165) is 13.1 Å². The van der Waals surface area contributed by atoms with Crippen molar-refractivity contribution < 1.29 is 9.90 Å². The zero-order valence-electron chi connectivity index (χ0n) is 10.0. The molecule has 0 unspecified atom stereocenters. The Balaban J connectivity index is 1.98. The predicted molar refractivity (Wildman–Crippen MR) is 68.5 cm³/mol. The molecule has 1 amide bonds. The van der Waals surface area contributed by atoms with Gasteiger partial charge in [0, 0.05) is 32.7 Å². The molecule has 6 heteroatoms. The Labute approximate surface area is 110 Å². The third-order valence-corrected chi connectivity index (χ3v) is 3.96. The second-order valence-electron chi connectivity index (χ2n) is 4.13. The molecule has 1 fully saturated rings. The fraction of sp³-hybridized carbons (Fsp3) is 0.500. The van der Waals surface area contributed by atoms with Gasteiger partial charge in [-0.2, -0.15) is 5.26 Å². The summed E-state index contributed by atoms with van der Waals surface area (Å²) in [7, 11) is 0. The summed E-state index contributed by atoms with van der Waals surface area (Å²) in [4.78, 5) is 16.7. The smallest absolute Gasteiger partial charge is 0.265 e. The standard InChI is InChI=1S/C12H15N3O2S/c13-9-10-1-8-18-11(10)12(17)15-4-2-14(3-5-15)6-7-16/h1,8,16H,2-7H2. The fourth-order valence-electron chi connectivity index (χ4n) is 2.02. The van der Waals surface area contributed by atoms with Crippen molar-refractivity contribution in [3.63, 3.8) is 0 Å². The maximum absolute atomic E-state index is 12.2. The fourth-order valence-corrected chi connectivity index (χ4v) is 2.83. The van der Waals surface area contributed by atoms with Gasteiger partial charge in [0.05, 0.1) is 12.2 Å². The lowest BCUT2D eigenvalue weighted by molar-refractivity contribution is 0.0619. The molecule has 0 aliphatic carbocycles. The van der Waals surface area contributed by atoms with E-state index in [1.54, 1.807) is 16.3 Å². The maximum atomic E-state index is 12.2. The average Bonchev–Trinajstić information content (AvgIpc) is 2.87. The van der Waals surface area contributed by atoms with Crippen molar-refractivity contribution in [2.75, 3.05) is 39.3 Å². The Kier molecular flexibility index (Phi) is 4.31. The normalized spacial score (nSPS) is 16.6. The van der Waals surface area contributed by atoms with Gasteiger partial charge in [0.15, 0.2) is 0 Å². The van der Waals surface area contributed by atoms with Crippen LogP contribution >= 0.6 is 11.3 Å². The lowest BCUT2D eigenvalue weighted by Crippen LogP contribution is -2.49. The molecule has 1 aliphatic heterocycles. The van der Waals surface area contributed by atoms with Gasteiger partial charge >= 0.3 is 0 Å². The minimum atomic E-state index is -0.0507. The van der Waals surface area contributed by atoms with Crippen molar-refractivity contribution in [2.24, 2.45) is 0 Å². The van der Waals surface area contributed by atoms with Crippen molar-refractivity contribution in [1.29, 1.82) is 5.26 Å². The molecule has 0 aromatic carbocycles. The Morgan fingerprint density at radius 2 is 2.17 bits per heavy atom. The third kappa shape index (κ3) is 2.70. The van der Waals surface area contributed by atoms with Gasteiger partial charge in [-0.05, 0) is 11.4 Å². The predicted octanol–water partition coefficient (Wildman–Crippen LogP) is 0.370. The van der Waals surface area contributed by atoms with E-state index in [2.05, 4.69) is 4.90 Å². The molecule has 2 heterocycles. The molecule has 0 saturated carbocycles. The Morgan fingerprint density at radius 3 is 2.78 bits per heavy atom. The minimum Gasteiger partial charge on any atom is -0.395 e. The zero-order chi connectivity index (χ0) is 13.0. The molecular weight excluding hydrogens is 250 g/mol. The van der Waals surface area contributed by atoms with Crippen molar-refractivity contribution in [2.45, 2.75) is 0 Å². The molecule has 1 aromatic heterocycles. The number of amides is 1. The van der Waals surface area contributed by atoms with Crippen LogP contribution in [0.15, 0.2) is 11.4 Å². The molecule has 0 atom stereocenters. The SMILES string of the molecule is N#Cc1ccsc1C(=O)N1CCN(CCO)CC1. The van der Waals surface area contributed by atoms with Crippen LogP contribution in [0.1, 0.15) is 15.2 Å². The number of carbonyl (C=O) groups is 1. The van der Waals surface area contributed by atoms with Crippen LogP contribution in [0, 0.1) is 11.3 Å². The molecule has 1 saturated heterocycles. The van der Waals surface area contributed by atoms with Crippen LogP contribution in [-0.4, -0.2) is 60.1 Å². The number of hydrogen-bond acceptors (Lipinski definition) is 5. The highest BCUT2D eigenvalue weighted by atomic mass is 32.1. The summed E-state index contributed by atoms with van der Waals surface area (Å²) >= 11 is 1.32. The van der Waals surface area contributed by atoms with Gasteiger partial charge < -0.3 is 10.0 Å². The van der Waals surface area contributed by atoms with E-state index in [9.17, 15) is 4.79 Å². The molecule has 1 aliphatic rings. The quantitative estimate of drug-likeness (QED) is 0.857. The Morgan fingerprint density at radius 1 is 1.44 bits per heavy atom. The topological polar surface area (TPSA) is 67.6 Å². The van der Waals surface area contributed by atoms with Crippen LogP contribution in [0.3, 0.4) is 0 Å². The first-order valence-electron chi connectivity index (χ1n) is 5.86. The van der Waals surface area contributed by atoms with Crippen LogP contribution in [-0.2, 0) is 0 Å². The van der Waals surface area contributed by atoms with E-state index in [1.807, 2.05) is 6.07 Å². The second kappa shape index (κ2) is 5.96. The Hall–Kier alpha value is -1.42. The number of piperazine rings is 1. The summed E-state index contributed by atoms with van der Waals surface area (Å²) in [6, 6.07) is 3.72. The molecule has 1 N–H and O–H groups in total. The van der Waals surface area contributed by atoms with Crippen LogP contribution in [0.4, 0.5) is 0 Å². The van der Waals surface area contributed by atoms with Crippen molar-refractivity contribution in [1.82, 2.24) is 9.80 Å². The molecule has 5 nitrogen and oxygen atoms in total. The first kappa shape index (κ1) is 13.0. The molecule has 0 radical (unpaired) electrons. The van der Waals surface area contributed by atoms with Crippen LogP contribution in [0.5, 0.6) is 0 Å². The maximum Gasteiger partial charge on any atom is 0.265 e. The lowest BCUT2D eigenvalue weighted by Gasteiger charge is -2.34. The van der Waals surface area contributed by atoms with Crippen LogP contribution < -0.4 is 0 Å². The van der Waals surface area contributed by atoms with Gasteiger partial charge in [-0.25, -0.2) is 0 Å². The number of nitriles is 1. The Bertz CT molecular complexity index is 458. The largest absolute Gasteiger partial charge is 0.395 e. The summed E-state index contributed by atoms with van der Waals surface area (Å²) in [6.07, 6.45) is 0. The van der Waals surface area contributed by atoms with E-state index in [4.69, 9.17) is 10.4 Å². The van der Waals surface area contributed by atoms with E-state index < -0.39 is 0 Å². The molecule has 1 aromatic rings. The van der Waals surface area contributed by atoms with Gasteiger partial charge in [-0.3, -0.25) is 9.69 Å². The number of carbonyl (C=O) groups excluding carboxylic acids is 1. The summed E-state index contributed by atoms with van der Waals surface area (Å²) in [6.45, 7) is 3.67. The summed E-state index contributed by atoms with van der Waals surface area (Å²) < 4.78 is 0. The summed E-state index contributed by atoms with van der Waals surface area (Å²) in [5.41, 5.74) is 0.461. The first-order valence-corrected chi connectivity index (χ1v) is 6.74. The number of β-amino-alcohol motifs (C(OH)–C–C–N with tert-alkyl or cyclic N) is 1. The molecule has 18 heavy (non-hydrogen) atoms. The zero-order valence-corrected chi connectivity index (χ0v) is 10.8. The van der Waals surface area contributed by atoms with Crippen molar-refractivity contribution in [3.05, 3.63) is 21.9 Å². The minimum absolute atomic E-state index is 0.0507. The van der Waals surface area contributed by atoms with Gasteiger partial charge in [0.25, 0.3) is 5.91 Å². The number of rotatable bonds is 3.